The molecule has 3 aromatic carbocycles. The molecule has 0 fully saturated rings. The fourth-order valence-corrected chi connectivity index (χ4v) is 5.66. The van der Waals surface area contributed by atoms with E-state index in [1.165, 1.54) is 17.3 Å². The second-order valence-corrected chi connectivity index (χ2v) is 10.6. The van der Waals surface area contributed by atoms with E-state index in [1.54, 1.807) is 4.90 Å². The Balaban J connectivity index is 1.47. The van der Waals surface area contributed by atoms with Crippen LogP contribution in [-0.4, -0.2) is 39.6 Å². The number of benzene rings is 3. The van der Waals surface area contributed by atoms with Gasteiger partial charge in [0.1, 0.15) is 12.6 Å². The molecule has 0 bridgehead atoms. The van der Waals surface area contributed by atoms with E-state index in [-0.39, 0.29) is 36.2 Å². The van der Waals surface area contributed by atoms with Gasteiger partial charge in [-0.1, -0.05) is 60.2 Å². The van der Waals surface area contributed by atoms with Crippen molar-refractivity contribution in [3.05, 3.63) is 114 Å². The third-order valence-electron chi connectivity index (χ3n) is 6.74. The number of aryl methyl sites for hydroxylation is 1. The summed E-state index contributed by atoms with van der Waals surface area (Å²) in [6, 6.07) is 29.9. The van der Waals surface area contributed by atoms with Crippen molar-refractivity contribution < 1.29 is 9.59 Å². The molecule has 0 spiro atoms. The van der Waals surface area contributed by atoms with E-state index in [2.05, 4.69) is 41.8 Å². The molecule has 2 amide bonds. The molecule has 1 aliphatic heterocycles. The lowest BCUT2D eigenvalue weighted by molar-refractivity contribution is -0.134. The number of anilines is 1. The van der Waals surface area contributed by atoms with Crippen LogP contribution in [0, 0.1) is 6.92 Å². The zero-order valence-electron chi connectivity index (χ0n) is 21.4. The van der Waals surface area contributed by atoms with Gasteiger partial charge in [0.2, 0.25) is 11.8 Å². The smallest absolute Gasteiger partial charge is 0.247 e. The zero-order chi connectivity index (χ0) is 25.9. The van der Waals surface area contributed by atoms with Gasteiger partial charge in [-0.3, -0.25) is 14.5 Å². The summed E-state index contributed by atoms with van der Waals surface area (Å²) in [4.78, 5) is 32.1. The lowest BCUT2D eigenvalue weighted by atomic mass is 9.97. The maximum Gasteiger partial charge on any atom is 0.247 e. The molecule has 0 aliphatic carbocycles. The summed E-state index contributed by atoms with van der Waals surface area (Å²) in [6.45, 7) is 6.00. The monoisotopic (exact) mass is 509 g/mol. The second kappa shape index (κ2) is 10.7. The van der Waals surface area contributed by atoms with E-state index in [0.29, 0.717) is 0 Å². The minimum absolute atomic E-state index is 0.0171. The average molecular weight is 510 g/mol. The number of para-hydroxylation sites is 2. The number of carbonyl (C=O) groups is 2. The van der Waals surface area contributed by atoms with Crippen LogP contribution in [0.1, 0.15) is 36.7 Å². The summed E-state index contributed by atoms with van der Waals surface area (Å²) < 4.78 is 2.16. The predicted octanol–water partition coefficient (Wildman–Crippen LogP) is 6.25. The highest BCUT2D eigenvalue weighted by Gasteiger charge is 2.37. The molecule has 5 nitrogen and oxygen atoms in total. The van der Waals surface area contributed by atoms with E-state index in [4.69, 9.17) is 0 Å². The van der Waals surface area contributed by atoms with Gasteiger partial charge in [0.15, 0.2) is 0 Å². The predicted molar refractivity (Wildman–Crippen MR) is 150 cm³/mol. The molecule has 4 aromatic rings. The fourth-order valence-electron chi connectivity index (χ4n) is 4.85. The number of fused-ring (bicyclic) bond motifs is 3. The SMILES string of the molecule is Cc1ccc(C2c3cccn3-c3ccccc3N2C(=O)CN(C(=O)CSc2ccccc2)C(C)C)cc1. The van der Waals surface area contributed by atoms with Crippen LogP contribution in [0.4, 0.5) is 5.69 Å². The number of carbonyl (C=O) groups excluding carboxylic acids is 2. The summed E-state index contributed by atoms with van der Waals surface area (Å²) >= 11 is 1.50. The highest BCUT2D eigenvalue weighted by atomic mass is 32.2. The van der Waals surface area contributed by atoms with Crippen molar-refractivity contribution in [3.8, 4) is 5.69 Å². The van der Waals surface area contributed by atoms with Gasteiger partial charge >= 0.3 is 0 Å². The van der Waals surface area contributed by atoms with Gasteiger partial charge < -0.3 is 9.47 Å². The number of thioether (sulfide) groups is 1. The molecule has 6 heteroatoms. The third kappa shape index (κ3) is 5.07. The maximum absolute atomic E-state index is 14.2. The van der Waals surface area contributed by atoms with E-state index in [9.17, 15) is 9.59 Å². The Hall–Kier alpha value is -3.77. The number of hydrogen-bond donors (Lipinski definition) is 0. The van der Waals surface area contributed by atoms with Crippen LogP contribution in [0.5, 0.6) is 0 Å². The van der Waals surface area contributed by atoms with Crippen molar-refractivity contribution in [2.24, 2.45) is 0 Å². The first kappa shape index (κ1) is 24.9. The number of hydrogen-bond acceptors (Lipinski definition) is 3. The largest absolute Gasteiger partial charge is 0.330 e. The molecule has 0 radical (unpaired) electrons. The Kier molecular flexibility index (Phi) is 7.19. The van der Waals surface area contributed by atoms with Gasteiger partial charge in [-0.15, -0.1) is 11.8 Å². The lowest BCUT2D eigenvalue weighted by Crippen LogP contribution is -2.49. The molecule has 37 heavy (non-hydrogen) atoms. The summed E-state index contributed by atoms with van der Waals surface area (Å²) in [6.07, 6.45) is 2.04. The normalized spacial score (nSPS) is 14.3. The first-order valence-electron chi connectivity index (χ1n) is 12.6. The Morgan fingerprint density at radius 1 is 0.865 bits per heavy atom. The lowest BCUT2D eigenvalue weighted by Gasteiger charge is -2.40. The van der Waals surface area contributed by atoms with E-state index in [1.807, 2.05) is 85.6 Å². The number of rotatable bonds is 7. The molecule has 0 N–H and O–H groups in total. The van der Waals surface area contributed by atoms with Gasteiger partial charge in [-0.25, -0.2) is 0 Å². The Labute approximate surface area is 222 Å². The quantitative estimate of drug-likeness (QED) is 0.277. The third-order valence-corrected chi connectivity index (χ3v) is 7.73. The van der Waals surface area contributed by atoms with Gasteiger partial charge in [0, 0.05) is 17.1 Å². The molecular formula is C31H31N3O2S. The minimum Gasteiger partial charge on any atom is -0.330 e. The first-order valence-corrected chi connectivity index (χ1v) is 13.5. The van der Waals surface area contributed by atoms with Crippen LogP contribution in [-0.2, 0) is 9.59 Å². The zero-order valence-corrected chi connectivity index (χ0v) is 22.2. The maximum atomic E-state index is 14.2. The van der Waals surface area contributed by atoms with E-state index >= 15 is 0 Å². The molecule has 0 saturated heterocycles. The van der Waals surface area contributed by atoms with Crippen molar-refractivity contribution in [2.75, 3.05) is 17.2 Å². The molecule has 0 saturated carbocycles. The molecule has 2 heterocycles. The molecule has 5 rings (SSSR count). The van der Waals surface area contributed by atoms with Crippen molar-refractivity contribution >= 4 is 29.3 Å². The summed E-state index contributed by atoms with van der Waals surface area (Å²) in [5.41, 5.74) is 5.03. The standard InChI is InChI=1S/C31H31N3O2S/c1-22(2)33(30(36)21-37-25-10-5-4-6-11-25)20-29(35)34-27-13-8-7-12-26(27)32-19-9-14-28(32)31(34)24-17-15-23(3)16-18-24/h4-19,22,31H,20-21H2,1-3H3. The Morgan fingerprint density at radius 3 is 2.24 bits per heavy atom. The topological polar surface area (TPSA) is 45.6 Å². The number of nitrogens with zero attached hydrogens (tertiary/aromatic N) is 3. The Bertz CT molecular complexity index is 1400. The van der Waals surface area contributed by atoms with Crippen molar-refractivity contribution in [2.45, 2.75) is 37.8 Å². The molecule has 1 atom stereocenters. The fraction of sp³-hybridized carbons (Fsp3) is 0.226. The van der Waals surface area contributed by atoms with Gasteiger partial charge in [-0.05, 0) is 62.7 Å². The molecular weight excluding hydrogens is 478 g/mol. The highest BCUT2D eigenvalue weighted by molar-refractivity contribution is 8.00. The minimum atomic E-state index is -0.291. The number of amides is 2. The number of aromatic nitrogens is 1. The van der Waals surface area contributed by atoms with Gasteiger partial charge in [-0.2, -0.15) is 0 Å². The van der Waals surface area contributed by atoms with Crippen LogP contribution in [0.25, 0.3) is 5.69 Å². The molecule has 1 aliphatic rings. The van der Waals surface area contributed by atoms with Crippen LogP contribution in [0.15, 0.2) is 102 Å². The Morgan fingerprint density at radius 2 is 1.54 bits per heavy atom. The second-order valence-electron chi connectivity index (χ2n) is 9.59. The molecule has 188 valence electrons. The van der Waals surface area contributed by atoms with Gasteiger partial charge in [0.25, 0.3) is 0 Å². The average Bonchev–Trinajstić information content (AvgIpc) is 3.40. The van der Waals surface area contributed by atoms with Crippen molar-refractivity contribution in [1.29, 1.82) is 0 Å². The van der Waals surface area contributed by atoms with Crippen molar-refractivity contribution in [3.63, 3.8) is 0 Å². The summed E-state index contributed by atoms with van der Waals surface area (Å²) in [7, 11) is 0. The van der Waals surface area contributed by atoms with Crippen LogP contribution in [0.3, 0.4) is 0 Å². The highest BCUT2D eigenvalue weighted by Crippen LogP contribution is 2.42. The van der Waals surface area contributed by atoms with E-state index in [0.717, 1.165) is 27.5 Å². The van der Waals surface area contributed by atoms with Crippen LogP contribution >= 0.6 is 11.8 Å². The summed E-state index contributed by atoms with van der Waals surface area (Å²) in [5.74, 6) is 0.144. The van der Waals surface area contributed by atoms with Gasteiger partial charge in [0.05, 0.1) is 22.8 Å². The summed E-state index contributed by atoms with van der Waals surface area (Å²) in [5, 5.41) is 0. The van der Waals surface area contributed by atoms with Crippen molar-refractivity contribution in [1.82, 2.24) is 9.47 Å². The van der Waals surface area contributed by atoms with E-state index < -0.39 is 0 Å². The molecule has 1 aromatic heterocycles. The van der Waals surface area contributed by atoms with Crippen LogP contribution in [0.2, 0.25) is 0 Å². The van der Waals surface area contributed by atoms with Crippen LogP contribution < -0.4 is 4.90 Å². The molecule has 1 unspecified atom stereocenters. The first-order chi connectivity index (χ1) is 17.9.